The summed E-state index contributed by atoms with van der Waals surface area (Å²) in [6, 6.07) is 0. The fraction of sp³-hybridized carbons (Fsp3) is 0.700. The van der Waals surface area contributed by atoms with Crippen molar-refractivity contribution >= 4 is 0 Å². The highest BCUT2D eigenvalue weighted by atomic mass is 16.4. The third-order valence-electron chi connectivity index (χ3n) is 2.34. The van der Waals surface area contributed by atoms with Crippen LogP contribution in [0.5, 0.6) is 0 Å². The second kappa shape index (κ2) is 3.50. The molecule has 0 saturated heterocycles. The molecule has 1 aromatic rings. The van der Waals surface area contributed by atoms with E-state index in [1.807, 2.05) is 20.9 Å². The molecule has 3 nitrogen and oxygen atoms in total. The number of rotatable bonds is 3. The number of hydrogen-bond acceptors (Lipinski definition) is 3. The lowest BCUT2D eigenvalue weighted by atomic mass is 10.0. The van der Waals surface area contributed by atoms with Crippen molar-refractivity contribution in [2.75, 3.05) is 7.05 Å². The molecule has 1 rings (SSSR count). The number of oxazole rings is 1. The average Bonchev–Trinajstić information content (AvgIpc) is 2.30. The molecule has 0 aliphatic carbocycles. The van der Waals surface area contributed by atoms with Gasteiger partial charge in [-0.3, -0.25) is 0 Å². The van der Waals surface area contributed by atoms with E-state index in [2.05, 4.69) is 24.1 Å². The Morgan fingerprint density at radius 2 is 2.00 bits per heavy atom. The molecule has 0 spiro atoms. The van der Waals surface area contributed by atoms with Gasteiger partial charge < -0.3 is 9.73 Å². The van der Waals surface area contributed by atoms with Crippen LogP contribution in [0.3, 0.4) is 0 Å². The number of nitrogens with zero attached hydrogens (tertiary/aromatic N) is 1. The van der Waals surface area contributed by atoms with Crippen molar-refractivity contribution in [3.63, 3.8) is 0 Å². The van der Waals surface area contributed by atoms with E-state index in [0.29, 0.717) is 0 Å². The van der Waals surface area contributed by atoms with Crippen LogP contribution in [0.4, 0.5) is 0 Å². The summed E-state index contributed by atoms with van der Waals surface area (Å²) in [6.07, 6.45) is 0.818. The molecule has 13 heavy (non-hydrogen) atoms. The van der Waals surface area contributed by atoms with E-state index in [1.165, 1.54) is 0 Å². The number of aromatic nitrogens is 1. The summed E-state index contributed by atoms with van der Waals surface area (Å²) >= 11 is 0. The molecule has 0 aliphatic heterocycles. The highest BCUT2D eigenvalue weighted by molar-refractivity contribution is 5.06. The number of likely N-dealkylation sites (N-methyl/N-ethyl adjacent to an activating group) is 1. The lowest BCUT2D eigenvalue weighted by Crippen LogP contribution is -2.38. The minimum absolute atomic E-state index is 0.0454. The summed E-state index contributed by atoms with van der Waals surface area (Å²) in [5.74, 6) is 1.73. The van der Waals surface area contributed by atoms with Crippen molar-refractivity contribution in [3.8, 4) is 0 Å². The van der Waals surface area contributed by atoms with Crippen LogP contribution in [0.1, 0.15) is 31.2 Å². The van der Waals surface area contributed by atoms with E-state index in [1.54, 1.807) is 0 Å². The Morgan fingerprint density at radius 3 is 2.38 bits per heavy atom. The summed E-state index contributed by atoms with van der Waals surface area (Å²) in [4.78, 5) is 4.34. The van der Waals surface area contributed by atoms with Crippen LogP contribution in [-0.2, 0) is 6.42 Å². The van der Waals surface area contributed by atoms with Crippen molar-refractivity contribution in [3.05, 3.63) is 17.3 Å². The van der Waals surface area contributed by atoms with Gasteiger partial charge in [-0.25, -0.2) is 4.98 Å². The lowest BCUT2D eigenvalue weighted by Gasteiger charge is -2.21. The molecule has 0 aromatic carbocycles. The van der Waals surface area contributed by atoms with Gasteiger partial charge in [-0.2, -0.15) is 0 Å². The molecule has 0 radical (unpaired) electrons. The van der Waals surface area contributed by atoms with Crippen molar-refractivity contribution in [2.45, 2.75) is 39.7 Å². The first kappa shape index (κ1) is 10.3. The van der Waals surface area contributed by atoms with Gasteiger partial charge in [0.05, 0.1) is 5.69 Å². The summed E-state index contributed by atoms with van der Waals surface area (Å²) in [5.41, 5.74) is 1.03. The molecule has 0 fully saturated rings. The van der Waals surface area contributed by atoms with Crippen LogP contribution in [-0.4, -0.2) is 17.6 Å². The molecule has 74 valence electrons. The Hall–Kier alpha value is -0.830. The van der Waals surface area contributed by atoms with Gasteiger partial charge in [0.2, 0.25) is 0 Å². The fourth-order valence-corrected chi connectivity index (χ4v) is 1.08. The molecule has 0 atom stereocenters. The molecule has 0 amide bonds. The Bertz CT molecular complexity index is 270. The number of aryl methyl sites for hydroxylation is 2. The van der Waals surface area contributed by atoms with E-state index in [4.69, 9.17) is 4.42 Å². The Balaban J connectivity index is 2.75. The molecule has 1 N–H and O–H groups in total. The monoisotopic (exact) mass is 182 g/mol. The van der Waals surface area contributed by atoms with Gasteiger partial charge in [-0.1, -0.05) is 0 Å². The second-order valence-electron chi connectivity index (χ2n) is 4.06. The summed E-state index contributed by atoms with van der Waals surface area (Å²) in [6.45, 7) is 8.16. The van der Waals surface area contributed by atoms with Crippen molar-refractivity contribution in [1.29, 1.82) is 0 Å². The van der Waals surface area contributed by atoms with Crippen LogP contribution in [0.15, 0.2) is 4.42 Å². The first-order valence-electron chi connectivity index (χ1n) is 4.56. The van der Waals surface area contributed by atoms with Gasteiger partial charge in [-0.15, -0.1) is 0 Å². The van der Waals surface area contributed by atoms with Crippen LogP contribution in [0.2, 0.25) is 0 Å². The van der Waals surface area contributed by atoms with Crippen LogP contribution in [0.25, 0.3) is 0 Å². The van der Waals surface area contributed by atoms with Crippen LogP contribution < -0.4 is 5.32 Å². The molecule has 0 saturated carbocycles. The minimum Gasteiger partial charge on any atom is -0.446 e. The Labute approximate surface area is 79.5 Å². The predicted molar refractivity (Wildman–Crippen MR) is 52.8 cm³/mol. The van der Waals surface area contributed by atoms with Crippen LogP contribution in [0, 0.1) is 13.8 Å². The van der Waals surface area contributed by atoms with E-state index in [-0.39, 0.29) is 5.54 Å². The standard InChI is InChI=1S/C10H18N2O/c1-7-8(2)13-9(12-7)6-10(3,4)11-5/h11H,6H2,1-5H3. The zero-order chi connectivity index (χ0) is 10.1. The highest BCUT2D eigenvalue weighted by Gasteiger charge is 2.19. The average molecular weight is 182 g/mol. The molecular formula is C10H18N2O. The maximum absolute atomic E-state index is 5.50. The number of hydrogen-bond donors (Lipinski definition) is 1. The molecule has 0 bridgehead atoms. The molecule has 3 heteroatoms. The zero-order valence-electron chi connectivity index (χ0n) is 9.06. The first-order valence-corrected chi connectivity index (χ1v) is 4.56. The third-order valence-corrected chi connectivity index (χ3v) is 2.34. The first-order chi connectivity index (χ1) is 5.94. The van der Waals surface area contributed by atoms with Crippen LogP contribution >= 0.6 is 0 Å². The molecule has 0 unspecified atom stereocenters. The fourth-order valence-electron chi connectivity index (χ4n) is 1.08. The van der Waals surface area contributed by atoms with Crippen molar-refractivity contribution < 1.29 is 4.42 Å². The Morgan fingerprint density at radius 1 is 1.38 bits per heavy atom. The molecular weight excluding hydrogens is 164 g/mol. The highest BCUT2D eigenvalue weighted by Crippen LogP contribution is 2.14. The summed E-state index contributed by atoms with van der Waals surface area (Å²) in [7, 11) is 1.95. The maximum Gasteiger partial charge on any atom is 0.196 e. The molecule has 1 heterocycles. The zero-order valence-corrected chi connectivity index (χ0v) is 9.06. The van der Waals surface area contributed by atoms with Crippen molar-refractivity contribution in [1.82, 2.24) is 10.3 Å². The van der Waals surface area contributed by atoms with E-state index < -0.39 is 0 Å². The SMILES string of the molecule is CNC(C)(C)Cc1nc(C)c(C)o1. The molecule has 0 aliphatic rings. The van der Waals surface area contributed by atoms with Gasteiger partial charge in [0.25, 0.3) is 0 Å². The predicted octanol–water partition coefficient (Wildman–Crippen LogP) is 1.83. The maximum atomic E-state index is 5.50. The van der Waals surface area contributed by atoms with Gasteiger partial charge in [0, 0.05) is 12.0 Å². The van der Waals surface area contributed by atoms with Gasteiger partial charge in [0.1, 0.15) is 5.76 Å². The lowest BCUT2D eigenvalue weighted by molar-refractivity contribution is 0.363. The van der Waals surface area contributed by atoms with Gasteiger partial charge in [-0.05, 0) is 34.7 Å². The van der Waals surface area contributed by atoms with Crippen molar-refractivity contribution in [2.24, 2.45) is 0 Å². The number of nitrogens with one attached hydrogen (secondary N) is 1. The minimum atomic E-state index is 0.0454. The van der Waals surface area contributed by atoms with E-state index in [0.717, 1.165) is 23.8 Å². The molecule has 1 aromatic heterocycles. The van der Waals surface area contributed by atoms with Gasteiger partial charge >= 0.3 is 0 Å². The second-order valence-corrected chi connectivity index (χ2v) is 4.06. The van der Waals surface area contributed by atoms with Gasteiger partial charge in [0.15, 0.2) is 5.89 Å². The van der Waals surface area contributed by atoms with E-state index >= 15 is 0 Å². The quantitative estimate of drug-likeness (QED) is 0.775. The summed E-state index contributed by atoms with van der Waals surface area (Å²) < 4.78 is 5.50. The smallest absolute Gasteiger partial charge is 0.196 e. The Kier molecular flexibility index (Phi) is 2.76. The topological polar surface area (TPSA) is 38.1 Å². The largest absolute Gasteiger partial charge is 0.446 e. The van der Waals surface area contributed by atoms with E-state index in [9.17, 15) is 0 Å². The summed E-state index contributed by atoms with van der Waals surface area (Å²) in [5, 5.41) is 3.22. The third kappa shape index (κ3) is 2.56. The normalized spacial score (nSPS) is 12.1.